The zero-order chi connectivity index (χ0) is 20.7. The highest BCUT2D eigenvalue weighted by molar-refractivity contribution is 5.94. The van der Waals surface area contributed by atoms with Crippen molar-refractivity contribution >= 4 is 11.9 Å². The Bertz CT molecular complexity index is 826. The quantitative estimate of drug-likeness (QED) is 0.657. The molecule has 7 heteroatoms. The number of amides is 1. The lowest BCUT2D eigenvalue weighted by atomic mass is 10.1. The molecule has 0 bridgehead atoms. The van der Waals surface area contributed by atoms with Crippen LogP contribution in [0.15, 0.2) is 28.7 Å². The Hall–Kier alpha value is -2.96. The lowest BCUT2D eigenvalue weighted by molar-refractivity contribution is 0.0694. The van der Waals surface area contributed by atoms with Gasteiger partial charge in [0.05, 0.1) is 19.8 Å². The minimum absolute atomic E-state index is 0.100. The molecule has 0 atom stereocenters. The average Bonchev–Trinajstić information content (AvgIpc) is 3.04. The Morgan fingerprint density at radius 1 is 1.07 bits per heavy atom. The third kappa shape index (κ3) is 5.28. The summed E-state index contributed by atoms with van der Waals surface area (Å²) >= 11 is 0. The fraction of sp³-hybridized carbons (Fsp3) is 0.429. The molecule has 0 radical (unpaired) electrons. The number of carboxylic acid groups (broad SMARTS) is 1. The summed E-state index contributed by atoms with van der Waals surface area (Å²) in [5, 5.41) is 9.12. The number of carbonyl (C=O) groups is 2. The number of carboxylic acids is 1. The van der Waals surface area contributed by atoms with Gasteiger partial charge in [-0.25, -0.2) is 4.79 Å². The predicted octanol–water partition coefficient (Wildman–Crippen LogP) is 4.14. The second-order valence-electron chi connectivity index (χ2n) is 6.51. The lowest BCUT2D eigenvalue weighted by Crippen LogP contribution is -2.26. The molecular weight excluding hydrogens is 362 g/mol. The molecule has 28 heavy (non-hydrogen) atoms. The topological polar surface area (TPSA) is 89.2 Å². The molecule has 0 aliphatic heterocycles. The molecule has 0 saturated heterocycles. The molecule has 7 nitrogen and oxygen atoms in total. The molecular formula is C21H27NO6. The van der Waals surface area contributed by atoms with Crippen LogP contribution < -0.4 is 9.47 Å². The Kier molecular flexibility index (Phi) is 7.49. The van der Waals surface area contributed by atoms with E-state index in [-0.39, 0.29) is 18.0 Å². The van der Waals surface area contributed by atoms with E-state index in [0.29, 0.717) is 41.8 Å². The molecule has 0 saturated carbocycles. The fourth-order valence-corrected chi connectivity index (χ4v) is 2.66. The number of furan rings is 1. The zero-order valence-corrected chi connectivity index (χ0v) is 16.8. The van der Waals surface area contributed by atoms with Crippen molar-refractivity contribution in [2.75, 3.05) is 20.3 Å². The highest BCUT2D eigenvalue weighted by atomic mass is 16.5. The van der Waals surface area contributed by atoms with Gasteiger partial charge in [0.15, 0.2) is 11.5 Å². The van der Waals surface area contributed by atoms with Crippen molar-refractivity contribution < 1.29 is 28.6 Å². The normalized spacial score (nSPS) is 10.6. The Morgan fingerprint density at radius 3 is 2.29 bits per heavy atom. The van der Waals surface area contributed by atoms with Crippen molar-refractivity contribution in [1.82, 2.24) is 4.90 Å². The number of ether oxygens (including phenoxy) is 2. The van der Waals surface area contributed by atoms with E-state index in [4.69, 9.17) is 19.0 Å². The van der Waals surface area contributed by atoms with E-state index in [1.54, 1.807) is 32.2 Å². The van der Waals surface area contributed by atoms with E-state index >= 15 is 0 Å². The van der Waals surface area contributed by atoms with Crippen LogP contribution in [0.25, 0.3) is 0 Å². The molecule has 152 valence electrons. The van der Waals surface area contributed by atoms with Gasteiger partial charge in [-0.2, -0.15) is 0 Å². The van der Waals surface area contributed by atoms with Gasteiger partial charge in [-0.15, -0.1) is 0 Å². The number of hydrogen-bond donors (Lipinski definition) is 1. The second-order valence-corrected chi connectivity index (χ2v) is 6.51. The van der Waals surface area contributed by atoms with Crippen LogP contribution in [0.5, 0.6) is 11.5 Å². The molecule has 0 fully saturated rings. The fourth-order valence-electron chi connectivity index (χ4n) is 2.66. The first-order valence-electron chi connectivity index (χ1n) is 9.35. The van der Waals surface area contributed by atoms with Crippen LogP contribution in [-0.4, -0.2) is 42.1 Å². The zero-order valence-electron chi connectivity index (χ0n) is 16.8. The molecule has 0 unspecified atom stereocenters. The summed E-state index contributed by atoms with van der Waals surface area (Å²) < 4.78 is 16.9. The summed E-state index contributed by atoms with van der Waals surface area (Å²) in [5.74, 6) is 0.599. The largest absolute Gasteiger partial charge is 0.490 e. The lowest BCUT2D eigenvalue weighted by Gasteiger charge is -2.18. The van der Waals surface area contributed by atoms with Gasteiger partial charge in [0.2, 0.25) is 0 Å². The standard InChI is InChI=1S/C21H27NO6/c1-5-9-26-18-8-7-15(11-19(18)27-10-6-2)20(23)22(4)13-16-12-17(21(24)25)14(3)28-16/h7-8,11-12H,5-6,9-10,13H2,1-4H3,(H,24,25). The first-order valence-corrected chi connectivity index (χ1v) is 9.35. The van der Waals surface area contributed by atoms with Crippen LogP contribution >= 0.6 is 0 Å². The highest BCUT2D eigenvalue weighted by Gasteiger charge is 2.19. The third-order valence-electron chi connectivity index (χ3n) is 4.05. The van der Waals surface area contributed by atoms with E-state index in [9.17, 15) is 9.59 Å². The first kappa shape index (κ1) is 21.3. The first-order chi connectivity index (χ1) is 13.4. The number of nitrogens with zero attached hydrogens (tertiary/aromatic N) is 1. The molecule has 1 aromatic carbocycles. The van der Waals surface area contributed by atoms with Crippen LogP contribution in [0.1, 0.15) is 58.9 Å². The number of aryl methyl sites for hydroxylation is 1. The minimum Gasteiger partial charge on any atom is -0.490 e. The van der Waals surface area contributed by atoms with Gasteiger partial charge in [-0.05, 0) is 44.0 Å². The molecule has 0 aliphatic rings. The van der Waals surface area contributed by atoms with E-state index in [2.05, 4.69) is 0 Å². The molecule has 0 aliphatic carbocycles. The average molecular weight is 389 g/mol. The van der Waals surface area contributed by atoms with Crippen molar-refractivity contribution in [3.63, 3.8) is 0 Å². The van der Waals surface area contributed by atoms with Gasteiger partial charge in [0.1, 0.15) is 17.1 Å². The third-order valence-corrected chi connectivity index (χ3v) is 4.05. The van der Waals surface area contributed by atoms with Crippen molar-refractivity contribution in [3.8, 4) is 11.5 Å². The maximum absolute atomic E-state index is 12.8. The van der Waals surface area contributed by atoms with Gasteiger partial charge in [-0.1, -0.05) is 13.8 Å². The summed E-state index contributed by atoms with van der Waals surface area (Å²) in [5.41, 5.74) is 0.558. The van der Waals surface area contributed by atoms with Gasteiger partial charge in [0.25, 0.3) is 5.91 Å². The Balaban J connectivity index is 2.17. The molecule has 2 aromatic rings. The van der Waals surface area contributed by atoms with Gasteiger partial charge in [0, 0.05) is 12.6 Å². The van der Waals surface area contributed by atoms with Crippen molar-refractivity contribution in [2.24, 2.45) is 0 Å². The highest BCUT2D eigenvalue weighted by Crippen LogP contribution is 2.29. The van der Waals surface area contributed by atoms with Crippen LogP contribution in [0.2, 0.25) is 0 Å². The second kappa shape index (κ2) is 9.82. The van der Waals surface area contributed by atoms with Crippen molar-refractivity contribution in [1.29, 1.82) is 0 Å². The van der Waals surface area contributed by atoms with E-state index in [1.165, 1.54) is 11.0 Å². The van der Waals surface area contributed by atoms with Crippen molar-refractivity contribution in [2.45, 2.75) is 40.2 Å². The molecule has 1 amide bonds. The van der Waals surface area contributed by atoms with Crippen LogP contribution in [0, 0.1) is 6.92 Å². The smallest absolute Gasteiger partial charge is 0.339 e. The van der Waals surface area contributed by atoms with Crippen LogP contribution in [-0.2, 0) is 6.54 Å². The predicted molar refractivity (Wildman–Crippen MR) is 104 cm³/mol. The van der Waals surface area contributed by atoms with Gasteiger partial charge in [-0.3, -0.25) is 4.79 Å². The summed E-state index contributed by atoms with van der Waals surface area (Å²) in [7, 11) is 1.63. The maximum atomic E-state index is 12.8. The number of carbonyl (C=O) groups excluding carboxylic acids is 1. The van der Waals surface area contributed by atoms with Crippen LogP contribution in [0.3, 0.4) is 0 Å². The van der Waals surface area contributed by atoms with Crippen molar-refractivity contribution in [3.05, 3.63) is 46.9 Å². The molecule has 1 aromatic heterocycles. The summed E-state index contributed by atoms with van der Waals surface area (Å²) in [6.45, 7) is 6.87. The molecule has 0 spiro atoms. The Labute approximate surface area is 164 Å². The number of benzene rings is 1. The molecule has 1 heterocycles. The monoisotopic (exact) mass is 389 g/mol. The van der Waals surface area contributed by atoms with Gasteiger partial charge >= 0.3 is 5.97 Å². The number of hydrogen-bond acceptors (Lipinski definition) is 5. The number of aromatic carboxylic acids is 1. The van der Waals surface area contributed by atoms with E-state index in [1.807, 2.05) is 13.8 Å². The van der Waals surface area contributed by atoms with E-state index in [0.717, 1.165) is 12.8 Å². The van der Waals surface area contributed by atoms with Gasteiger partial charge < -0.3 is 23.9 Å². The maximum Gasteiger partial charge on any atom is 0.339 e. The summed E-state index contributed by atoms with van der Waals surface area (Å²) in [6.07, 6.45) is 1.71. The van der Waals surface area contributed by atoms with E-state index < -0.39 is 5.97 Å². The number of rotatable bonds is 10. The summed E-state index contributed by atoms with van der Waals surface area (Å²) in [6, 6.07) is 6.55. The SMILES string of the molecule is CCCOc1ccc(C(=O)N(C)Cc2cc(C(=O)O)c(C)o2)cc1OCCC. The molecule has 2 rings (SSSR count). The summed E-state index contributed by atoms with van der Waals surface area (Å²) in [4.78, 5) is 25.4. The molecule has 1 N–H and O–H groups in total. The minimum atomic E-state index is -1.05. The Morgan fingerprint density at radius 2 is 1.71 bits per heavy atom. The van der Waals surface area contributed by atoms with Crippen LogP contribution in [0.4, 0.5) is 0 Å².